The van der Waals surface area contributed by atoms with Crippen LogP contribution in [0.5, 0.6) is 0 Å². The van der Waals surface area contributed by atoms with Gasteiger partial charge in [0.15, 0.2) is 0 Å². The molecule has 1 aromatic rings. The van der Waals surface area contributed by atoms with E-state index in [-0.39, 0.29) is 24.0 Å². The van der Waals surface area contributed by atoms with Gasteiger partial charge in [-0.15, -0.1) is 0 Å². The normalized spacial score (nSPS) is 16.2. The summed E-state index contributed by atoms with van der Waals surface area (Å²) in [4.78, 5) is 28.3. The quantitative estimate of drug-likeness (QED) is 0.869. The number of hydrogen-bond acceptors (Lipinski definition) is 4. The molecule has 0 saturated carbocycles. The van der Waals surface area contributed by atoms with Crippen molar-refractivity contribution in [2.45, 2.75) is 32.9 Å². The number of anilines is 1. The van der Waals surface area contributed by atoms with Crippen LogP contribution in [0.3, 0.4) is 0 Å². The molecule has 134 valence electrons. The maximum atomic E-state index is 12.4. The highest BCUT2D eigenvalue weighted by atomic mass is 16.2. The largest absolute Gasteiger partial charge is 0.353 e. The monoisotopic (exact) mass is 343 g/mol. The maximum Gasteiger partial charge on any atom is 0.321 e. The number of benzene rings is 1. The first kappa shape index (κ1) is 18.7. The topological polar surface area (TPSA) is 88.5 Å². The van der Waals surface area contributed by atoms with Gasteiger partial charge in [0.2, 0.25) is 5.91 Å². The van der Waals surface area contributed by atoms with E-state index in [2.05, 4.69) is 21.6 Å². The SMILES string of the molecule is CC(C)NC(=O)C(C)N1CCN(C(=O)Nc2ccccc2C#N)CC1. The summed E-state index contributed by atoms with van der Waals surface area (Å²) in [5.41, 5.74) is 0.954. The van der Waals surface area contributed by atoms with Crippen LogP contribution in [0.1, 0.15) is 26.3 Å². The van der Waals surface area contributed by atoms with Crippen LogP contribution in [0, 0.1) is 11.3 Å². The third kappa shape index (κ3) is 4.94. The van der Waals surface area contributed by atoms with Gasteiger partial charge < -0.3 is 15.5 Å². The summed E-state index contributed by atoms with van der Waals surface area (Å²) in [7, 11) is 0. The molecular weight excluding hydrogens is 318 g/mol. The van der Waals surface area contributed by atoms with E-state index >= 15 is 0 Å². The van der Waals surface area contributed by atoms with Crippen molar-refractivity contribution in [3.05, 3.63) is 29.8 Å². The minimum Gasteiger partial charge on any atom is -0.353 e. The van der Waals surface area contributed by atoms with Crippen molar-refractivity contribution >= 4 is 17.6 Å². The number of amides is 3. The Morgan fingerprint density at radius 3 is 2.36 bits per heavy atom. The first-order valence-corrected chi connectivity index (χ1v) is 8.52. The highest BCUT2D eigenvalue weighted by Crippen LogP contribution is 2.15. The molecule has 1 aliphatic heterocycles. The summed E-state index contributed by atoms with van der Waals surface area (Å²) in [6.07, 6.45) is 0. The zero-order chi connectivity index (χ0) is 18.4. The highest BCUT2D eigenvalue weighted by molar-refractivity contribution is 5.91. The maximum absolute atomic E-state index is 12.4. The fraction of sp³-hybridized carbons (Fsp3) is 0.500. The molecule has 0 bridgehead atoms. The third-order valence-electron chi connectivity index (χ3n) is 4.25. The van der Waals surface area contributed by atoms with Crippen LogP contribution in [0.2, 0.25) is 0 Å². The van der Waals surface area contributed by atoms with Gasteiger partial charge in [0.25, 0.3) is 0 Å². The molecule has 1 heterocycles. The van der Waals surface area contributed by atoms with Crippen molar-refractivity contribution in [2.75, 3.05) is 31.5 Å². The van der Waals surface area contributed by atoms with Gasteiger partial charge in [-0.3, -0.25) is 9.69 Å². The van der Waals surface area contributed by atoms with Crippen molar-refractivity contribution in [3.63, 3.8) is 0 Å². The molecule has 1 fully saturated rings. The van der Waals surface area contributed by atoms with Gasteiger partial charge in [0.05, 0.1) is 17.3 Å². The fourth-order valence-corrected chi connectivity index (χ4v) is 2.77. The molecule has 25 heavy (non-hydrogen) atoms. The first-order chi connectivity index (χ1) is 11.9. The number of rotatable bonds is 4. The molecule has 1 atom stereocenters. The molecule has 1 aromatic carbocycles. The summed E-state index contributed by atoms with van der Waals surface area (Å²) >= 11 is 0. The van der Waals surface area contributed by atoms with E-state index in [9.17, 15) is 9.59 Å². The van der Waals surface area contributed by atoms with E-state index in [1.165, 1.54) is 0 Å². The summed E-state index contributed by atoms with van der Waals surface area (Å²) < 4.78 is 0. The molecule has 7 nitrogen and oxygen atoms in total. The Balaban J connectivity index is 1.88. The lowest BCUT2D eigenvalue weighted by Crippen LogP contribution is -2.56. The molecule has 1 unspecified atom stereocenters. The molecule has 0 spiro atoms. The van der Waals surface area contributed by atoms with Gasteiger partial charge in [-0.2, -0.15) is 5.26 Å². The van der Waals surface area contributed by atoms with E-state index in [1.54, 1.807) is 29.2 Å². The molecule has 3 amide bonds. The smallest absolute Gasteiger partial charge is 0.321 e. The minimum atomic E-state index is -0.221. The van der Waals surface area contributed by atoms with Gasteiger partial charge in [-0.05, 0) is 32.9 Å². The number of hydrogen-bond donors (Lipinski definition) is 2. The van der Waals surface area contributed by atoms with E-state index in [1.807, 2.05) is 20.8 Å². The molecule has 7 heteroatoms. The van der Waals surface area contributed by atoms with Gasteiger partial charge in [0.1, 0.15) is 6.07 Å². The Kier molecular flexibility index (Phi) is 6.37. The molecule has 0 radical (unpaired) electrons. The Labute approximate surface area is 148 Å². The highest BCUT2D eigenvalue weighted by Gasteiger charge is 2.27. The molecule has 1 aliphatic rings. The van der Waals surface area contributed by atoms with Crippen LogP contribution in [0.15, 0.2) is 24.3 Å². The zero-order valence-corrected chi connectivity index (χ0v) is 15.0. The van der Waals surface area contributed by atoms with Crippen molar-refractivity contribution in [2.24, 2.45) is 0 Å². The summed E-state index contributed by atoms with van der Waals surface area (Å²) in [5, 5.41) is 14.8. The average Bonchev–Trinajstić information content (AvgIpc) is 2.61. The predicted molar refractivity (Wildman–Crippen MR) is 96.1 cm³/mol. The molecule has 1 saturated heterocycles. The summed E-state index contributed by atoms with van der Waals surface area (Å²) in [6, 6.07) is 8.67. The molecular formula is C18H25N5O2. The lowest BCUT2D eigenvalue weighted by molar-refractivity contribution is -0.126. The number of nitrogens with one attached hydrogen (secondary N) is 2. The van der Waals surface area contributed by atoms with Crippen molar-refractivity contribution < 1.29 is 9.59 Å². The van der Waals surface area contributed by atoms with E-state index in [4.69, 9.17) is 5.26 Å². The minimum absolute atomic E-state index is 0.0100. The van der Waals surface area contributed by atoms with Crippen LogP contribution < -0.4 is 10.6 Å². The Morgan fingerprint density at radius 1 is 1.12 bits per heavy atom. The number of carbonyl (C=O) groups is 2. The van der Waals surface area contributed by atoms with Crippen LogP contribution in [-0.4, -0.2) is 60.0 Å². The number of piperazine rings is 1. The van der Waals surface area contributed by atoms with Gasteiger partial charge in [-0.1, -0.05) is 12.1 Å². The van der Waals surface area contributed by atoms with E-state index in [0.29, 0.717) is 37.4 Å². The second kappa shape index (κ2) is 8.49. The molecule has 2 rings (SSSR count). The van der Waals surface area contributed by atoms with Crippen LogP contribution in [0.4, 0.5) is 10.5 Å². The third-order valence-corrected chi connectivity index (χ3v) is 4.25. The zero-order valence-electron chi connectivity index (χ0n) is 15.0. The standard InChI is InChI=1S/C18H25N5O2/c1-13(2)20-17(24)14(3)22-8-10-23(11-9-22)18(25)21-16-7-5-4-6-15(16)12-19/h4-7,13-14H,8-11H2,1-3H3,(H,20,24)(H,21,25). The van der Waals surface area contributed by atoms with Crippen LogP contribution in [-0.2, 0) is 4.79 Å². The molecule has 2 N–H and O–H groups in total. The number of para-hydroxylation sites is 1. The van der Waals surface area contributed by atoms with Gasteiger partial charge in [0, 0.05) is 32.2 Å². The number of nitriles is 1. The Hall–Kier alpha value is -2.59. The second-order valence-electron chi connectivity index (χ2n) is 6.45. The number of urea groups is 1. The first-order valence-electron chi connectivity index (χ1n) is 8.52. The molecule has 0 aromatic heterocycles. The fourth-order valence-electron chi connectivity index (χ4n) is 2.77. The van der Waals surface area contributed by atoms with Crippen LogP contribution in [0.25, 0.3) is 0 Å². The lowest BCUT2D eigenvalue weighted by atomic mass is 10.2. The van der Waals surface area contributed by atoms with Crippen LogP contribution >= 0.6 is 0 Å². The van der Waals surface area contributed by atoms with E-state index in [0.717, 1.165) is 0 Å². The van der Waals surface area contributed by atoms with Crippen molar-refractivity contribution in [1.29, 1.82) is 5.26 Å². The average molecular weight is 343 g/mol. The lowest BCUT2D eigenvalue weighted by Gasteiger charge is -2.37. The number of nitrogens with zero attached hydrogens (tertiary/aromatic N) is 3. The second-order valence-corrected chi connectivity index (χ2v) is 6.45. The summed E-state index contributed by atoms with van der Waals surface area (Å²) in [5.74, 6) is 0.0100. The summed E-state index contributed by atoms with van der Waals surface area (Å²) in [6.45, 7) is 8.12. The van der Waals surface area contributed by atoms with Crippen molar-refractivity contribution in [1.82, 2.24) is 15.1 Å². The Bertz CT molecular complexity index is 660. The molecule has 0 aliphatic carbocycles. The van der Waals surface area contributed by atoms with Gasteiger partial charge in [-0.25, -0.2) is 4.79 Å². The van der Waals surface area contributed by atoms with Crippen molar-refractivity contribution in [3.8, 4) is 6.07 Å². The van der Waals surface area contributed by atoms with E-state index < -0.39 is 0 Å². The van der Waals surface area contributed by atoms with Gasteiger partial charge >= 0.3 is 6.03 Å². The predicted octanol–water partition coefficient (Wildman–Crippen LogP) is 1.62. The Morgan fingerprint density at radius 2 is 1.76 bits per heavy atom. The number of carbonyl (C=O) groups excluding carboxylic acids is 2.